The maximum absolute atomic E-state index is 12.9. The van der Waals surface area contributed by atoms with Gasteiger partial charge in [0.1, 0.15) is 13.2 Å². The molecule has 1 atom stereocenters. The van der Waals surface area contributed by atoms with Gasteiger partial charge in [0.2, 0.25) is 0 Å². The van der Waals surface area contributed by atoms with E-state index in [1.54, 1.807) is 0 Å². The van der Waals surface area contributed by atoms with E-state index < -0.39 is 6.10 Å². The molecule has 0 aromatic heterocycles. The number of unbranched alkanes of at least 4 members (excludes halogenated alkanes) is 21. The molecule has 1 unspecified atom stereocenters. The lowest BCUT2D eigenvalue weighted by molar-refractivity contribution is -0.167. The van der Waals surface area contributed by atoms with Gasteiger partial charge >= 0.3 is 17.9 Å². The minimum atomic E-state index is -0.834. The second-order valence-electron chi connectivity index (χ2n) is 21.3. The summed E-state index contributed by atoms with van der Waals surface area (Å²) in [6.45, 7) is 6.32. The molecule has 456 valence electrons. The van der Waals surface area contributed by atoms with Crippen LogP contribution in [0.3, 0.4) is 0 Å². The van der Waals surface area contributed by atoms with Crippen molar-refractivity contribution in [3.05, 3.63) is 158 Å². The molecule has 0 radical (unpaired) electrons. The van der Waals surface area contributed by atoms with E-state index in [0.717, 1.165) is 116 Å². The molecule has 0 aliphatic heterocycles. The van der Waals surface area contributed by atoms with Crippen molar-refractivity contribution in [2.45, 2.75) is 284 Å². The van der Waals surface area contributed by atoms with Gasteiger partial charge in [0.15, 0.2) is 6.10 Å². The van der Waals surface area contributed by atoms with Crippen molar-refractivity contribution < 1.29 is 28.6 Å². The number of allylic oxidation sites excluding steroid dienone is 26. The highest BCUT2D eigenvalue weighted by Gasteiger charge is 2.19. The van der Waals surface area contributed by atoms with Crippen LogP contribution in [0.4, 0.5) is 0 Å². The highest BCUT2D eigenvalue weighted by Crippen LogP contribution is 2.15. The summed E-state index contributed by atoms with van der Waals surface area (Å²) >= 11 is 0. The van der Waals surface area contributed by atoms with Gasteiger partial charge in [0.05, 0.1) is 0 Å². The van der Waals surface area contributed by atoms with Crippen LogP contribution in [0.5, 0.6) is 0 Å². The number of rotatable bonds is 58. The molecule has 0 aromatic rings. The third kappa shape index (κ3) is 65.7. The van der Waals surface area contributed by atoms with Crippen LogP contribution in [0.25, 0.3) is 0 Å². The van der Waals surface area contributed by atoms with E-state index in [1.807, 2.05) is 0 Å². The van der Waals surface area contributed by atoms with Crippen molar-refractivity contribution in [1.82, 2.24) is 0 Å². The van der Waals surface area contributed by atoms with Gasteiger partial charge in [-0.25, -0.2) is 0 Å². The second-order valence-corrected chi connectivity index (χ2v) is 21.3. The fourth-order valence-electron chi connectivity index (χ4n) is 8.63. The van der Waals surface area contributed by atoms with Crippen LogP contribution >= 0.6 is 0 Å². The zero-order chi connectivity index (χ0) is 58.5. The van der Waals surface area contributed by atoms with Crippen LogP contribution in [0, 0.1) is 0 Å². The first-order valence-corrected chi connectivity index (χ1v) is 33.0. The van der Waals surface area contributed by atoms with Crippen molar-refractivity contribution in [2.75, 3.05) is 13.2 Å². The third-order valence-electron chi connectivity index (χ3n) is 13.5. The predicted octanol–water partition coefficient (Wildman–Crippen LogP) is 22.9. The number of carbonyl (C=O) groups excluding carboxylic acids is 3. The molecule has 0 saturated carbocycles. The van der Waals surface area contributed by atoms with Gasteiger partial charge < -0.3 is 14.2 Å². The normalized spacial score (nSPS) is 13.2. The summed E-state index contributed by atoms with van der Waals surface area (Å²) in [5, 5.41) is 0. The maximum atomic E-state index is 12.9. The molecule has 6 heteroatoms. The lowest BCUT2D eigenvalue weighted by Gasteiger charge is -2.18. The zero-order valence-electron chi connectivity index (χ0n) is 52.2. The van der Waals surface area contributed by atoms with Gasteiger partial charge in [-0.3, -0.25) is 14.4 Å². The molecule has 0 spiro atoms. The Bertz CT molecular complexity index is 1810. The van der Waals surface area contributed by atoms with Crippen molar-refractivity contribution >= 4 is 17.9 Å². The van der Waals surface area contributed by atoms with E-state index >= 15 is 0 Å². The fourth-order valence-corrected chi connectivity index (χ4v) is 8.63. The average molecular weight is 1120 g/mol. The molecule has 0 heterocycles. The van der Waals surface area contributed by atoms with Gasteiger partial charge in [-0.2, -0.15) is 0 Å². The Morgan fingerprint density at radius 2 is 0.494 bits per heavy atom. The SMILES string of the molecule is CC/C=C\C/C=C\C/C=C\C/C=C\C/C=C\C/C=C\CCCCC(=O)OC(COC(=O)CCC/C=C\C/C=C\C/C=C\C/C=C\C/C=C\CC)COC(=O)CCCCCCCCCCCCCCC/C=C\C/C=C\CCCCCCC. The molecule has 0 fully saturated rings. The summed E-state index contributed by atoms with van der Waals surface area (Å²) in [7, 11) is 0. The van der Waals surface area contributed by atoms with Crippen LogP contribution < -0.4 is 0 Å². The lowest BCUT2D eigenvalue weighted by atomic mass is 10.0. The first-order valence-electron chi connectivity index (χ1n) is 33.0. The summed E-state index contributed by atoms with van der Waals surface area (Å²) < 4.78 is 16.9. The van der Waals surface area contributed by atoms with Gasteiger partial charge in [-0.05, 0) is 141 Å². The Balaban J connectivity index is 4.51. The summed E-state index contributed by atoms with van der Waals surface area (Å²) in [5.41, 5.74) is 0. The quantitative estimate of drug-likeness (QED) is 0.0261. The van der Waals surface area contributed by atoms with Crippen molar-refractivity contribution in [3.63, 3.8) is 0 Å². The molecule has 0 rings (SSSR count). The molecule has 6 nitrogen and oxygen atoms in total. The van der Waals surface area contributed by atoms with Crippen LogP contribution in [-0.2, 0) is 28.6 Å². The van der Waals surface area contributed by atoms with Gasteiger partial charge in [-0.1, -0.05) is 275 Å². The molecule has 0 aromatic carbocycles. The topological polar surface area (TPSA) is 78.9 Å². The lowest BCUT2D eigenvalue weighted by Crippen LogP contribution is -2.30. The third-order valence-corrected chi connectivity index (χ3v) is 13.5. The Hall–Kier alpha value is -4.97. The van der Waals surface area contributed by atoms with E-state index in [4.69, 9.17) is 14.2 Å². The molecule has 0 aliphatic rings. The average Bonchev–Trinajstić information content (AvgIpc) is 3.47. The van der Waals surface area contributed by atoms with Crippen LogP contribution in [0.2, 0.25) is 0 Å². The van der Waals surface area contributed by atoms with Crippen molar-refractivity contribution in [3.8, 4) is 0 Å². The zero-order valence-corrected chi connectivity index (χ0v) is 52.2. The molecule has 0 bridgehead atoms. The van der Waals surface area contributed by atoms with Crippen LogP contribution in [-0.4, -0.2) is 37.2 Å². The first kappa shape index (κ1) is 76.0. The van der Waals surface area contributed by atoms with E-state index in [2.05, 4.69) is 179 Å². The number of carbonyl (C=O) groups is 3. The Labute approximate surface area is 499 Å². The Morgan fingerprint density at radius 1 is 0.259 bits per heavy atom. The Kier molecular flexibility index (Phi) is 63.4. The summed E-state index contributed by atoms with van der Waals surface area (Å²) in [6.07, 6.45) is 98.3. The van der Waals surface area contributed by atoms with E-state index in [9.17, 15) is 14.4 Å². The highest BCUT2D eigenvalue weighted by atomic mass is 16.6. The van der Waals surface area contributed by atoms with Crippen LogP contribution in [0.1, 0.15) is 278 Å². The number of ether oxygens (including phenoxy) is 3. The van der Waals surface area contributed by atoms with Crippen molar-refractivity contribution in [2.24, 2.45) is 0 Å². The first-order chi connectivity index (χ1) is 40.0. The predicted molar refractivity (Wildman–Crippen MR) is 352 cm³/mol. The smallest absolute Gasteiger partial charge is 0.306 e. The second kappa shape index (κ2) is 67.5. The van der Waals surface area contributed by atoms with E-state index in [1.165, 1.54) is 109 Å². The molecule has 81 heavy (non-hydrogen) atoms. The number of hydrogen-bond donors (Lipinski definition) is 0. The largest absolute Gasteiger partial charge is 0.462 e. The minimum absolute atomic E-state index is 0.120. The monoisotopic (exact) mass is 1120 g/mol. The molecule has 0 saturated heterocycles. The summed E-state index contributed by atoms with van der Waals surface area (Å²) in [5.74, 6) is -1.03. The minimum Gasteiger partial charge on any atom is -0.462 e. The molecular formula is C75H120O6. The summed E-state index contributed by atoms with van der Waals surface area (Å²) in [4.78, 5) is 38.4. The van der Waals surface area contributed by atoms with E-state index in [-0.39, 0.29) is 44.0 Å². The van der Waals surface area contributed by atoms with E-state index in [0.29, 0.717) is 19.3 Å². The number of hydrogen-bond acceptors (Lipinski definition) is 6. The number of esters is 3. The maximum Gasteiger partial charge on any atom is 0.306 e. The fraction of sp³-hybridized carbons (Fsp3) is 0.613. The van der Waals surface area contributed by atoms with Gasteiger partial charge in [0, 0.05) is 19.3 Å². The Morgan fingerprint density at radius 3 is 0.827 bits per heavy atom. The molecule has 0 aliphatic carbocycles. The molecule has 0 N–H and O–H groups in total. The van der Waals surface area contributed by atoms with Crippen LogP contribution in [0.15, 0.2) is 158 Å². The molecule has 0 amide bonds. The molecular weight excluding hydrogens is 997 g/mol. The van der Waals surface area contributed by atoms with Crippen molar-refractivity contribution in [1.29, 1.82) is 0 Å². The highest BCUT2D eigenvalue weighted by molar-refractivity contribution is 5.71. The van der Waals surface area contributed by atoms with Gasteiger partial charge in [0.25, 0.3) is 0 Å². The van der Waals surface area contributed by atoms with Gasteiger partial charge in [-0.15, -0.1) is 0 Å². The summed E-state index contributed by atoms with van der Waals surface area (Å²) in [6, 6.07) is 0. The standard InChI is InChI=1S/C75H120O6/c1-4-7-10-13-16-19-22-25-28-31-33-35-36-37-38-40-41-44-47-50-53-56-59-62-65-68-74(77)80-71-72(70-79-73(76)67-64-61-58-55-52-49-46-43-30-27-24-21-18-15-12-9-6-3)81-75(78)69-66-63-60-57-54-51-48-45-42-39-34-32-29-26-23-20-17-14-11-8-5-2/h8-9,11-12,17-18,20-22,25-27,29-31,33-34,39,45-46,48-49,54-55,57-58,72H,4-7,10,13-16,19,23-24,28,32,35-38,40-44,47,50-53,56,59-71H2,1-3H3/b11-8-,12-9-,20-17-,21-18-,25-22-,29-26-,30-27-,33-31-,39-34-,48-45-,49-46-,57-54-,58-55-.